The van der Waals surface area contributed by atoms with Crippen LogP contribution in [0.3, 0.4) is 0 Å². The number of thioether (sulfide) groups is 1. The predicted octanol–water partition coefficient (Wildman–Crippen LogP) is 5.81. The first kappa shape index (κ1) is 27.6. The number of aryl methyl sites for hydroxylation is 1. The number of hydrogen-bond acceptors (Lipinski definition) is 10. The number of anilines is 2. The molecule has 13 heteroatoms. The molecular formula is C28H22N6O5S2. The van der Waals surface area contributed by atoms with Crippen LogP contribution in [0.1, 0.15) is 24.2 Å². The monoisotopic (exact) mass is 586 g/mol. The van der Waals surface area contributed by atoms with E-state index in [-0.39, 0.29) is 22.9 Å². The molecule has 2 amide bonds. The molecule has 0 saturated heterocycles. The van der Waals surface area contributed by atoms with Crippen LogP contribution in [0.15, 0.2) is 87.1 Å². The summed E-state index contributed by atoms with van der Waals surface area (Å²) in [6.07, 6.45) is 1.47. The third kappa shape index (κ3) is 5.84. The third-order valence-corrected chi connectivity index (χ3v) is 8.25. The van der Waals surface area contributed by atoms with Crippen molar-refractivity contribution in [1.29, 1.82) is 5.26 Å². The Morgan fingerprint density at radius 2 is 2.00 bits per heavy atom. The second-order valence-electron chi connectivity index (χ2n) is 9.00. The van der Waals surface area contributed by atoms with Gasteiger partial charge in [0.15, 0.2) is 5.13 Å². The number of benzene rings is 2. The fraction of sp³-hybridized carbons (Fsp3) is 0.143. The number of fused-ring (bicyclic) bond motifs is 1. The fourth-order valence-electron chi connectivity index (χ4n) is 4.38. The number of nitrogens with one attached hydrogen (secondary N) is 3. The Labute approximate surface area is 242 Å². The van der Waals surface area contributed by atoms with Crippen LogP contribution in [0.2, 0.25) is 0 Å². The molecule has 3 heterocycles. The van der Waals surface area contributed by atoms with E-state index in [0.29, 0.717) is 38.4 Å². The molecule has 0 saturated carbocycles. The van der Waals surface area contributed by atoms with Crippen molar-refractivity contribution in [3.05, 3.63) is 104 Å². The minimum absolute atomic E-state index is 0.0602. The summed E-state index contributed by atoms with van der Waals surface area (Å²) in [7, 11) is 0. The number of rotatable bonds is 8. The van der Waals surface area contributed by atoms with Gasteiger partial charge in [-0.15, -0.1) is 0 Å². The Hall–Kier alpha value is -4.93. The Kier molecular flexibility index (Phi) is 7.86. The molecular weight excluding hydrogens is 564 g/mol. The molecule has 0 aliphatic carbocycles. The average molecular weight is 587 g/mol. The van der Waals surface area contributed by atoms with Gasteiger partial charge in [0.2, 0.25) is 5.91 Å². The lowest BCUT2D eigenvalue weighted by Gasteiger charge is -2.28. The molecule has 0 fully saturated rings. The largest absolute Gasteiger partial charge is 0.468 e. The molecule has 2 aromatic heterocycles. The van der Waals surface area contributed by atoms with Gasteiger partial charge in [-0.05, 0) is 49.7 Å². The van der Waals surface area contributed by atoms with Crippen molar-refractivity contribution >= 4 is 61.6 Å². The van der Waals surface area contributed by atoms with Crippen LogP contribution in [0.25, 0.3) is 10.2 Å². The topological polar surface area (TPSA) is 163 Å². The summed E-state index contributed by atoms with van der Waals surface area (Å²) in [4.78, 5) is 41.3. The summed E-state index contributed by atoms with van der Waals surface area (Å²) >= 11 is 2.45. The van der Waals surface area contributed by atoms with E-state index in [1.807, 2.05) is 24.3 Å². The van der Waals surface area contributed by atoms with Crippen LogP contribution < -0.4 is 16.0 Å². The zero-order chi connectivity index (χ0) is 29.1. The number of nitriles is 1. The first-order valence-electron chi connectivity index (χ1n) is 12.2. The summed E-state index contributed by atoms with van der Waals surface area (Å²) in [5.41, 5.74) is 2.71. The molecule has 206 valence electrons. The smallest absolute Gasteiger partial charge is 0.269 e. The van der Waals surface area contributed by atoms with Gasteiger partial charge in [-0.3, -0.25) is 25.0 Å². The standard InChI is InChI=1S/C28H22N6O5S2/c1-15-12-17(34(37)38)9-10-19(15)31-23(35)14-40-27-18(13-29)25(21-7-5-11-39-21)24(16(2)30-27)26(36)33-28-32-20-6-3-4-8-22(20)41-28/h3-12,25,30H,14H2,1-2H3,(H,31,35)(H,32,33,36)/t25-/m1/s1. The molecule has 3 N–H and O–H groups in total. The van der Waals surface area contributed by atoms with Gasteiger partial charge in [0.1, 0.15) is 5.76 Å². The Morgan fingerprint density at radius 1 is 1.20 bits per heavy atom. The van der Waals surface area contributed by atoms with E-state index in [4.69, 9.17) is 4.42 Å². The zero-order valence-electron chi connectivity index (χ0n) is 21.8. The van der Waals surface area contributed by atoms with Crippen LogP contribution in [-0.2, 0) is 9.59 Å². The van der Waals surface area contributed by atoms with Gasteiger partial charge < -0.3 is 15.1 Å². The Morgan fingerprint density at radius 3 is 2.68 bits per heavy atom. The minimum atomic E-state index is -0.812. The van der Waals surface area contributed by atoms with Crippen molar-refractivity contribution in [2.75, 3.05) is 16.4 Å². The number of amides is 2. The molecule has 4 aromatic rings. The number of nitro groups is 1. The molecule has 5 rings (SSSR count). The number of nitrogens with zero attached hydrogens (tertiary/aromatic N) is 3. The van der Waals surface area contributed by atoms with Crippen LogP contribution in [0, 0.1) is 28.4 Å². The SMILES string of the molecule is CC1=C(C(=O)Nc2nc3ccccc3s2)[C@@H](c2ccco2)C(C#N)=C(SCC(=O)Nc2ccc([N+](=O)[O-])cc2C)N1. The van der Waals surface area contributed by atoms with E-state index in [1.165, 1.54) is 35.8 Å². The first-order chi connectivity index (χ1) is 19.7. The van der Waals surface area contributed by atoms with Crippen LogP contribution >= 0.6 is 23.1 Å². The van der Waals surface area contributed by atoms with E-state index in [9.17, 15) is 25.0 Å². The molecule has 1 atom stereocenters. The molecule has 0 spiro atoms. The quantitative estimate of drug-likeness (QED) is 0.171. The van der Waals surface area contributed by atoms with E-state index >= 15 is 0 Å². The van der Waals surface area contributed by atoms with Crippen molar-refractivity contribution in [1.82, 2.24) is 10.3 Å². The molecule has 2 aromatic carbocycles. The predicted molar refractivity (Wildman–Crippen MR) is 157 cm³/mol. The summed E-state index contributed by atoms with van der Waals surface area (Å²) in [5, 5.41) is 30.8. The van der Waals surface area contributed by atoms with Gasteiger partial charge in [-0.25, -0.2) is 4.98 Å². The van der Waals surface area contributed by atoms with Gasteiger partial charge in [-0.2, -0.15) is 5.26 Å². The van der Waals surface area contributed by atoms with Gasteiger partial charge in [0.05, 0.1) is 55.3 Å². The lowest BCUT2D eigenvalue weighted by atomic mass is 9.85. The summed E-state index contributed by atoms with van der Waals surface area (Å²) < 4.78 is 6.58. The number of dihydropyridines is 1. The summed E-state index contributed by atoms with van der Waals surface area (Å²) in [6, 6.07) is 17.3. The maximum atomic E-state index is 13.6. The normalized spacial score (nSPS) is 14.9. The number of hydrogen-bond donors (Lipinski definition) is 3. The number of non-ortho nitro benzene ring substituents is 1. The van der Waals surface area contributed by atoms with Crippen LogP contribution in [0.4, 0.5) is 16.5 Å². The van der Waals surface area contributed by atoms with Gasteiger partial charge in [0.25, 0.3) is 11.6 Å². The van der Waals surface area contributed by atoms with Crippen molar-refractivity contribution < 1.29 is 18.9 Å². The number of allylic oxidation sites excluding steroid dienone is 2. The number of furan rings is 1. The second kappa shape index (κ2) is 11.7. The summed E-state index contributed by atoms with van der Waals surface area (Å²) in [6.45, 7) is 3.38. The van der Waals surface area contributed by atoms with Crippen molar-refractivity contribution in [2.24, 2.45) is 0 Å². The molecule has 0 radical (unpaired) electrons. The minimum Gasteiger partial charge on any atom is -0.468 e. The van der Waals surface area contributed by atoms with Crippen molar-refractivity contribution in [2.45, 2.75) is 19.8 Å². The highest BCUT2D eigenvalue weighted by Crippen LogP contribution is 2.41. The molecule has 0 unspecified atom stereocenters. The first-order valence-corrected chi connectivity index (χ1v) is 14.1. The lowest BCUT2D eigenvalue weighted by Crippen LogP contribution is -2.31. The van der Waals surface area contributed by atoms with Crippen LogP contribution in [0.5, 0.6) is 0 Å². The molecule has 0 bridgehead atoms. The maximum Gasteiger partial charge on any atom is 0.269 e. The van der Waals surface area contributed by atoms with Crippen molar-refractivity contribution in [3.8, 4) is 6.07 Å². The maximum absolute atomic E-state index is 13.6. The van der Waals surface area contributed by atoms with E-state index in [2.05, 4.69) is 27.0 Å². The number of nitro benzene ring substituents is 1. The van der Waals surface area contributed by atoms with E-state index < -0.39 is 16.7 Å². The van der Waals surface area contributed by atoms with Gasteiger partial charge in [0, 0.05) is 23.5 Å². The molecule has 11 nitrogen and oxygen atoms in total. The average Bonchev–Trinajstić information content (AvgIpc) is 3.62. The Balaban J connectivity index is 1.37. The lowest BCUT2D eigenvalue weighted by molar-refractivity contribution is -0.384. The highest BCUT2D eigenvalue weighted by atomic mass is 32.2. The molecule has 41 heavy (non-hydrogen) atoms. The number of carbonyl (C=O) groups excluding carboxylic acids is 2. The number of thiazole rings is 1. The molecule has 1 aliphatic heterocycles. The number of carbonyl (C=O) groups is 2. The molecule has 1 aliphatic rings. The van der Waals surface area contributed by atoms with Gasteiger partial charge >= 0.3 is 0 Å². The highest BCUT2D eigenvalue weighted by Gasteiger charge is 2.37. The van der Waals surface area contributed by atoms with Crippen LogP contribution in [-0.4, -0.2) is 27.5 Å². The van der Waals surface area contributed by atoms with E-state index in [1.54, 1.807) is 26.0 Å². The van der Waals surface area contributed by atoms with Crippen molar-refractivity contribution in [3.63, 3.8) is 0 Å². The zero-order valence-corrected chi connectivity index (χ0v) is 23.4. The second-order valence-corrected chi connectivity index (χ2v) is 11.0. The number of para-hydroxylation sites is 1. The third-order valence-electron chi connectivity index (χ3n) is 6.28. The fourth-order valence-corrected chi connectivity index (χ4v) is 6.14. The van der Waals surface area contributed by atoms with Gasteiger partial charge in [-0.1, -0.05) is 35.2 Å². The Bertz CT molecular complexity index is 1750. The number of aromatic nitrogens is 1. The van der Waals surface area contributed by atoms with E-state index in [0.717, 1.165) is 22.0 Å². The highest BCUT2D eigenvalue weighted by molar-refractivity contribution is 8.03. The summed E-state index contributed by atoms with van der Waals surface area (Å²) in [5.74, 6) is -1.27.